The number of carbonyl (C=O) groups excluding carboxylic acids is 2. The molecule has 0 radical (unpaired) electrons. The number of imide groups is 1. The zero-order valence-corrected chi connectivity index (χ0v) is 13.1. The average molecular weight is 308 g/mol. The summed E-state index contributed by atoms with van der Waals surface area (Å²) in [5, 5.41) is 8.31. The van der Waals surface area contributed by atoms with Crippen molar-refractivity contribution in [2.24, 2.45) is 7.05 Å². The fraction of sp³-hybridized carbons (Fsp3) is 0.643. The number of piperazine rings is 1. The van der Waals surface area contributed by atoms with Crippen LogP contribution in [-0.4, -0.2) is 59.1 Å². The van der Waals surface area contributed by atoms with Crippen LogP contribution in [0.3, 0.4) is 0 Å². The first-order valence-corrected chi connectivity index (χ1v) is 7.61. The van der Waals surface area contributed by atoms with Crippen molar-refractivity contribution in [2.75, 3.05) is 32.7 Å². The van der Waals surface area contributed by atoms with E-state index < -0.39 is 6.03 Å². The molecule has 8 heteroatoms. The Bertz CT molecular complexity index is 515. The molecular formula is C14H24N6O2. The number of aromatic nitrogens is 2. The molecule has 3 N–H and O–H groups in total. The normalized spacial score (nSPS) is 18.9. The number of nitrogens with one attached hydrogen (secondary N) is 3. The van der Waals surface area contributed by atoms with Crippen LogP contribution in [0.25, 0.3) is 0 Å². The molecule has 1 aromatic rings. The summed E-state index contributed by atoms with van der Waals surface area (Å²) in [6.45, 7) is 4.99. The molecule has 0 bridgehead atoms. The molecule has 1 saturated heterocycles. The number of imidazole rings is 1. The van der Waals surface area contributed by atoms with E-state index in [0.717, 1.165) is 31.9 Å². The Hall–Kier alpha value is -1.93. The number of urea groups is 1. The number of hydrogen-bond acceptors (Lipinski definition) is 5. The van der Waals surface area contributed by atoms with Crippen molar-refractivity contribution in [1.82, 2.24) is 30.4 Å². The van der Waals surface area contributed by atoms with E-state index in [2.05, 4.69) is 20.9 Å². The zero-order valence-electron chi connectivity index (χ0n) is 13.1. The number of amides is 3. The Morgan fingerprint density at radius 3 is 3.00 bits per heavy atom. The lowest BCUT2D eigenvalue weighted by Gasteiger charge is -2.35. The van der Waals surface area contributed by atoms with Crippen molar-refractivity contribution in [3.8, 4) is 0 Å². The van der Waals surface area contributed by atoms with Crippen LogP contribution >= 0.6 is 0 Å². The highest BCUT2D eigenvalue weighted by Gasteiger charge is 2.28. The Labute approximate surface area is 130 Å². The molecule has 0 aromatic carbocycles. The molecule has 0 saturated carbocycles. The van der Waals surface area contributed by atoms with Crippen LogP contribution in [0.2, 0.25) is 0 Å². The summed E-state index contributed by atoms with van der Waals surface area (Å²) >= 11 is 0. The molecule has 1 atom stereocenters. The highest BCUT2D eigenvalue weighted by molar-refractivity contribution is 5.95. The predicted molar refractivity (Wildman–Crippen MR) is 82.2 cm³/mol. The fourth-order valence-corrected chi connectivity index (χ4v) is 2.52. The van der Waals surface area contributed by atoms with Gasteiger partial charge in [-0.25, -0.2) is 9.78 Å². The van der Waals surface area contributed by atoms with Crippen molar-refractivity contribution in [2.45, 2.75) is 19.4 Å². The van der Waals surface area contributed by atoms with Gasteiger partial charge in [-0.2, -0.15) is 0 Å². The van der Waals surface area contributed by atoms with Gasteiger partial charge in [0.15, 0.2) is 0 Å². The molecule has 1 aromatic heterocycles. The molecule has 1 fully saturated rings. The van der Waals surface area contributed by atoms with Gasteiger partial charge < -0.3 is 15.2 Å². The van der Waals surface area contributed by atoms with E-state index >= 15 is 0 Å². The van der Waals surface area contributed by atoms with E-state index in [1.54, 1.807) is 6.20 Å². The maximum atomic E-state index is 12.0. The largest absolute Gasteiger partial charge is 0.338 e. The zero-order chi connectivity index (χ0) is 15.9. The first kappa shape index (κ1) is 16.4. The van der Waals surface area contributed by atoms with Gasteiger partial charge in [-0.3, -0.25) is 15.0 Å². The number of nitrogens with zero attached hydrogens (tertiary/aromatic N) is 3. The van der Waals surface area contributed by atoms with Gasteiger partial charge >= 0.3 is 6.03 Å². The van der Waals surface area contributed by atoms with Crippen LogP contribution in [0.4, 0.5) is 4.79 Å². The third-order valence-electron chi connectivity index (χ3n) is 3.65. The van der Waals surface area contributed by atoms with Crippen LogP contribution < -0.4 is 16.0 Å². The minimum absolute atomic E-state index is 0.0261. The van der Waals surface area contributed by atoms with Crippen molar-refractivity contribution in [3.63, 3.8) is 0 Å². The van der Waals surface area contributed by atoms with E-state index in [1.165, 1.54) is 0 Å². The van der Waals surface area contributed by atoms with E-state index in [4.69, 9.17) is 0 Å². The minimum Gasteiger partial charge on any atom is -0.338 e. The second kappa shape index (κ2) is 7.90. The lowest BCUT2D eigenvalue weighted by atomic mass is 10.1. The Morgan fingerprint density at radius 1 is 1.50 bits per heavy atom. The molecule has 122 valence electrons. The van der Waals surface area contributed by atoms with Crippen LogP contribution in [0.5, 0.6) is 0 Å². The SMILES string of the molecule is CCCNC(=O)NC(=O)CN1CCNCC1c1nccn1C. The van der Waals surface area contributed by atoms with E-state index in [9.17, 15) is 9.59 Å². The lowest BCUT2D eigenvalue weighted by molar-refractivity contribution is -0.122. The van der Waals surface area contributed by atoms with Gasteiger partial charge in [0.2, 0.25) is 5.91 Å². The van der Waals surface area contributed by atoms with Crippen LogP contribution in [0.1, 0.15) is 25.2 Å². The second-order valence-corrected chi connectivity index (χ2v) is 5.39. The summed E-state index contributed by atoms with van der Waals surface area (Å²) in [4.78, 5) is 30.0. The maximum absolute atomic E-state index is 12.0. The summed E-state index contributed by atoms with van der Waals surface area (Å²) < 4.78 is 1.95. The van der Waals surface area contributed by atoms with Gasteiger partial charge in [-0.05, 0) is 6.42 Å². The topological polar surface area (TPSA) is 91.3 Å². The van der Waals surface area contributed by atoms with E-state index in [0.29, 0.717) is 6.54 Å². The minimum atomic E-state index is -0.435. The summed E-state index contributed by atoms with van der Waals surface area (Å²) in [6.07, 6.45) is 4.47. The fourth-order valence-electron chi connectivity index (χ4n) is 2.52. The van der Waals surface area contributed by atoms with E-state index in [-0.39, 0.29) is 18.5 Å². The van der Waals surface area contributed by atoms with E-state index in [1.807, 2.05) is 29.6 Å². The Kier molecular flexibility index (Phi) is 5.91. The van der Waals surface area contributed by atoms with Gasteiger partial charge in [0.25, 0.3) is 0 Å². The standard InChI is InChI=1S/C14H24N6O2/c1-3-4-17-14(22)18-12(21)10-20-8-5-15-9-11(20)13-16-6-7-19(13)2/h6-7,11,15H,3-5,8-10H2,1-2H3,(H2,17,18,21,22). The van der Waals surface area contributed by atoms with Gasteiger partial charge in [0.05, 0.1) is 12.6 Å². The molecule has 0 aliphatic carbocycles. The maximum Gasteiger partial charge on any atom is 0.321 e. The second-order valence-electron chi connectivity index (χ2n) is 5.39. The molecule has 8 nitrogen and oxygen atoms in total. The van der Waals surface area contributed by atoms with Crippen molar-refractivity contribution < 1.29 is 9.59 Å². The Balaban J connectivity index is 1.93. The molecule has 1 aliphatic heterocycles. The highest BCUT2D eigenvalue weighted by Crippen LogP contribution is 2.19. The van der Waals surface area contributed by atoms with Gasteiger partial charge in [0.1, 0.15) is 5.82 Å². The predicted octanol–water partition coefficient (Wildman–Crippen LogP) is -0.398. The first-order chi connectivity index (χ1) is 10.6. The third-order valence-corrected chi connectivity index (χ3v) is 3.65. The van der Waals surface area contributed by atoms with Crippen molar-refractivity contribution in [1.29, 1.82) is 0 Å². The smallest absolute Gasteiger partial charge is 0.321 e. The average Bonchev–Trinajstić information content (AvgIpc) is 2.91. The summed E-state index contributed by atoms with van der Waals surface area (Å²) in [6, 6.07) is -0.409. The molecule has 2 heterocycles. The molecular weight excluding hydrogens is 284 g/mol. The van der Waals surface area contributed by atoms with Crippen LogP contribution in [0, 0.1) is 0 Å². The van der Waals surface area contributed by atoms with Gasteiger partial charge in [0, 0.05) is 45.6 Å². The molecule has 1 aliphatic rings. The number of aryl methyl sites for hydroxylation is 1. The molecule has 0 spiro atoms. The van der Waals surface area contributed by atoms with Crippen molar-refractivity contribution in [3.05, 3.63) is 18.2 Å². The number of carbonyl (C=O) groups is 2. The first-order valence-electron chi connectivity index (χ1n) is 7.61. The van der Waals surface area contributed by atoms with Crippen LogP contribution in [0.15, 0.2) is 12.4 Å². The van der Waals surface area contributed by atoms with Gasteiger partial charge in [-0.1, -0.05) is 6.92 Å². The monoisotopic (exact) mass is 308 g/mol. The molecule has 2 rings (SSSR count). The molecule has 3 amide bonds. The lowest BCUT2D eigenvalue weighted by Crippen LogP contribution is -2.51. The Morgan fingerprint density at radius 2 is 2.32 bits per heavy atom. The van der Waals surface area contributed by atoms with Crippen molar-refractivity contribution >= 4 is 11.9 Å². The van der Waals surface area contributed by atoms with Gasteiger partial charge in [-0.15, -0.1) is 0 Å². The molecule has 22 heavy (non-hydrogen) atoms. The highest BCUT2D eigenvalue weighted by atomic mass is 16.2. The summed E-state index contributed by atoms with van der Waals surface area (Å²) in [7, 11) is 1.94. The number of rotatable bonds is 5. The number of hydrogen-bond donors (Lipinski definition) is 3. The summed E-state index contributed by atoms with van der Waals surface area (Å²) in [5.41, 5.74) is 0. The van der Waals surface area contributed by atoms with Crippen LogP contribution in [-0.2, 0) is 11.8 Å². The molecule has 1 unspecified atom stereocenters. The summed E-state index contributed by atoms with van der Waals surface area (Å²) in [5.74, 6) is 0.616. The third kappa shape index (κ3) is 4.28. The quantitative estimate of drug-likeness (QED) is 0.689.